The number of hydrogen-bond acceptors (Lipinski definition) is 6. The minimum absolute atomic E-state index is 0.172. The number of piperazine rings is 1. The van der Waals surface area contributed by atoms with Crippen LogP contribution in [0, 0.1) is 5.82 Å². The monoisotopic (exact) mass is 438 g/mol. The van der Waals surface area contributed by atoms with Gasteiger partial charge in [-0.3, -0.25) is 4.90 Å². The summed E-state index contributed by atoms with van der Waals surface area (Å²) in [6.07, 6.45) is 0.894. The van der Waals surface area contributed by atoms with Gasteiger partial charge in [0, 0.05) is 31.7 Å². The van der Waals surface area contributed by atoms with E-state index in [2.05, 4.69) is 52.2 Å². The first-order valence-electron chi connectivity index (χ1n) is 11.1. The average molecular weight is 439 g/mol. The Morgan fingerprint density at radius 2 is 1.72 bits per heavy atom. The molecule has 0 saturated carbocycles. The fourth-order valence-electron chi connectivity index (χ4n) is 4.27. The third-order valence-corrected chi connectivity index (χ3v) is 6.48. The molecule has 1 aliphatic rings. The minimum atomic E-state index is -0.228. The maximum absolute atomic E-state index is 14.3. The molecule has 0 N–H and O–H groups in total. The van der Waals surface area contributed by atoms with Crippen LogP contribution in [-0.4, -0.2) is 58.4 Å². The van der Waals surface area contributed by atoms with Gasteiger partial charge in [-0.2, -0.15) is 0 Å². The summed E-state index contributed by atoms with van der Waals surface area (Å²) in [4.78, 5) is 4.47. The number of methoxy groups -OCH3 is 1. The molecule has 1 atom stereocenters. The molecule has 1 fully saturated rings. The Balaban J connectivity index is 1.69. The molecule has 0 aliphatic carbocycles. The van der Waals surface area contributed by atoms with Crippen molar-refractivity contribution in [2.75, 3.05) is 38.2 Å². The molecular formula is C24H31FN6O. The zero-order chi connectivity index (χ0) is 22.7. The molecule has 170 valence electrons. The van der Waals surface area contributed by atoms with Crippen LogP contribution in [-0.2, 0) is 5.54 Å². The molecular weight excluding hydrogens is 407 g/mol. The van der Waals surface area contributed by atoms with E-state index in [9.17, 15) is 4.39 Å². The summed E-state index contributed by atoms with van der Waals surface area (Å²) in [5.41, 5.74) is 1.45. The molecule has 8 heteroatoms. The van der Waals surface area contributed by atoms with E-state index in [1.807, 2.05) is 35.0 Å². The lowest BCUT2D eigenvalue weighted by atomic mass is 9.98. The quantitative estimate of drug-likeness (QED) is 0.558. The van der Waals surface area contributed by atoms with Crippen molar-refractivity contribution < 1.29 is 9.13 Å². The maximum atomic E-state index is 14.3. The Bertz CT molecular complexity index is 1040. The molecule has 0 spiro atoms. The summed E-state index contributed by atoms with van der Waals surface area (Å²) in [6.45, 7) is 9.34. The second-order valence-electron chi connectivity index (χ2n) is 8.73. The molecule has 3 aromatic rings. The van der Waals surface area contributed by atoms with Crippen LogP contribution in [0.2, 0.25) is 0 Å². The SMILES string of the molecule is CCC(C)(C)n1nnnc1[C@H](c1ccccc1OC)N1CCN(c2ccccc2F)CC1. The Labute approximate surface area is 188 Å². The molecule has 1 aliphatic heterocycles. The average Bonchev–Trinajstić information content (AvgIpc) is 3.31. The number of hydrogen-bond donors (Lipinski definition) is 0. The van der Waals surface area contributed by atoms with Crippen LogP contribution in [0.5, 0.6) is 5.75 Å². The van der Waals surface area contributed by atoms with Gasteiger partial charge in [0.25, 0.3) is 0 Å². The Kier molecular flexibility index (Phi) is 6.41. The molecule has 1 aromatic heterocycles. The highest BCUT2D eigenvalue weighted by Crippen LogP contribution is 2.36. The van der Waals surface area contributed by atoms with E-state index in [1.165, 1.54) is 6.07 Å². The van der Waals surface area contributed by atoms with Crippen molar-refractivity contribution in [3.63, 3.8) is 0 Å². The van der Waals surface area contributed by atoms with Crippen LogP contribution in [0.3, 0.4) is 0 Å². The molecule has 0 unspecified atom stereocenters. The van der Waals surface area contributed by atoms with Crippen LogP contribution in [0.4, 0.5) is 10.1 Å². The number of benzene rings is 2. The lowest BCUT2D eigenvalue weighted by molar-refractivity contribution is 0.184. The fraction of sp³-hybridized carbons (Fsp3) is 0.458. The van der Waals surface area contributed by atoms with Gasteiger partial charge in [0.05, 0.1) is 18.3 Å². The summed E-state index contributed by atoms with van der Waals surface area (Å²) in [5, 5.41) is 12.9. The van der Waals surface area contributed by atoms with E-state index in [1.54, 1.807) is 13.2 Å². The summed E-state index contributed by atoms with van der Waals surface area (Å²) < 4.78 is 22.0. The predicted octanol–water partition coefficient (Wildman–Crippen LogP) is 3.88. The standard InChI is InChI=1S/C24H31FN6O/c1-5-24(2,3)31-23(26-27-28-31)22(18-10-6-9-13-21(18)32-4)30-16-14-29(15-17-30)20-12-8-7-11-19(20)25/h6-13,22H,5,14-17H2,1-4H3/t22-/m0/s1. The number of ether oxygens (including phenoxy) is 1. The molecule has 2 heterocycles. The van der Waals surface area contributed by atoms with Crippen LogP contribution in [0.15, 0.2) is 48.5 Å². The molecule has 0 bridgehead atoms. The van der Waals surface area contributed by atoms with E-state index in [4.69, 9.17) is 4.74 Å². The molecule has 2 aromatic carbocycles. The van der Waals surface area contributed by atoms with Gasteiger partial charge in [-0.25, -0.2) is 9.07 Å². The first-order valence-corrected chi connectivity index (χ1v) is 11.1. The van der Waals surface area contributed by atoms with Gasteiger partial charge in [0.2, 0.25) is 0 Å². The van der Waals surface area contributed by atoms with Crippen molar-refractivity contribution in [2.24, 2.45) is 0 Å². The highest BCUT2D eigenvalue weighted by molar-refractivity contribution is 5.48. The van der Waals surface area contributed by atoms with Crippen LogP contribution in [0.25, 0.3) is 0 Å². The Morgan fingerprint density at radius 3 is 2.41 bits per heavy atom. The molecule has 0 amide bonds. The lowest BCUT2D eigenvalue weighted by Crippen LogP contribution is -2.49. The first kappa shape index (κ1) is 22.2. The topological polar surface area (TPSA) is 59.3 Å². The summed E-state index contributed by atoms with van der Waals surface area (Å²) in [7, 11) is 1.69. The van der Waals surface area contributed by atoms with Gasteiger partial charge in [0.15, 0.2) is 5.82 Å². The van der Waals surface area contributed by atoms with Crippen molar-refractivity contribution in [1.82, 2.24) is 25.1 Å². The highest BCUT2D eigenvalue weighted by Gasteiger charge is 2.35. The van der Waals surface area contributed by atoms with Crippen molar-refractivity contribution in [3.8, 4) is 5.75 Å². The molecule has 4 rings (SSSR count). The molecule has 7 nitrogen and oxygen atoms in total. The predicted molar refractivity (Wildman–Crippen MR) is 122 cm³/mol. The van der Waals surface area contributed by atoms with Crippen LogP contribution >= 0.6 is 0 Å². The minimum Gasteiger partial charge on any atom is -0.496 e. The second kappa shape index (κ2) is 9.24. The number of tetrazole rings is 1. The third kappa shape index (κ3) is 4.19. The third-order valence-electron chi connectivity index (χ3n) is 6.48. The van der Waals surface area contributed by atoms with Crippen molar-refractivity contribution in [3.05, 3.63) is 65.7 Å². The van der Waals surface area contributed by atoms with E-state index >= 15 is 0 Å². The number of para-hydroxylation sites is 2. The Morgan fingerprint density at radius 1 is 1.03 bits per heavy atom. The fourth-order valence-corrected chi connectivity index (χ4v) is 4.27. The zero-order valence-electron chi connectivity index (χ0n) is 19.2. The van der Waals surface area contributed by atoms with Crippen molar-refractivity contribution >= 4 is 5.69 Å². The van der Waals surface area contributed by atoms with Gasteiger partial charge in [0.1, 0.15) is 17.6 Å². The van der Waals surface area contributed by atoms with Gasteiger partial charge in [-0.05, 0) is 48.9 Å². The van der Waals surface area contributed by atoms with Crippen molar-refractivity contribution in [1.29, 1.82) is 0 Å². The van der Waals surface area contributed by atoms with E-state index in [-0.39, 0.29) is 17.4 Å². The van der Waals surface area contributed by atoms with Crippen LogP contribution in [0.1, 0.15) is 44.6 Å². The van der Waals surface area contributed by atoms with Gasteiger partial charge >= 0.3 is 0 Å². The number of rotatable bonds is 7. The molecule has 32 heavy (non-hydrogen) atoms. The number of halogens is 1. The summed E-state index contributed by atoms with van der Waals surface area (Å²) in [5.74, 6) is 1.41. The molecule has 0 radical (unpaired) electrons. The van der Waals surface area contributed by atoms with Gasteiger partial charge in [-0.1, -0.05) is 37.3 Å². The zero-order valence-corrected chi connectivity index (χ0v) is 19.2. The van der Waals surface area contributed by atoms with Crippen LogP contribution < -0.4 is 9.64 Å². The van der Waals surface area contributed by atoms with Gasteiger partial charge in [-0.15, -0.1) is 5.10 Å². The normalized spacial score (nSPS) is 16.2. The number of aromatic nitrogens is 4. The smallest absolute Gasteiger partial charge is 0.173 e. The summed E-state index contributed by atoms with van der Waals surface area (Å²) >= 11 is 0. The van der Waals surface area contributed by atoms with E-state index < -0.39 is 0 Å². The highest BCUT2D eigenvalue weighted by atomic mass is 19.1. The Hall–Kier alpha value is -3.00. The van der Waals surface area contributed by atoms with Crippen molar-refractivity contribution in [2.45, 2.75) is 38.8 Å². The first-order chi connectivity index (χ1) is 15.5. The lowest BCUT2D eigenvalue weighted by Gasteiger charge is -2.40. The second-order valence-corrected chi connectivity index (χ2v) is 8.73. The largest absolute Gasteiger partial charge is 0.496 e. The summed E-state index contributed by atoms with van der Waals surface area (Å²) in [6, 6.07) is 14.8. The van der Waals surface area contributed by atoms with E-state index in [0.29, 0.717) is 18.8 Å². The molecule has 1 saturated heterocycles. The number of nitrogens with zero attached hydrogens (tertiary/aromatic N) is 6. The number of anilines is 1. The van der Waals surface area contributed by atoms with E-state index in [0.717, 1.165) is 36.6 Å². The maximum Gasteiger partial charge on any atom is 0.173 e. The van der Waals surface area contributed by atoms with Gasteiger partial charge < -0.3 is 9.64 Å².